The maximum Gasteiger partial charge on any atom is 0.269 e. The largest absolute Gasteiger partial charge is 0.273 e. The van der Waals surface area contributed by atoms with Crippen molar-refractivity contribution in [2.24, 2.45) is 0 Å². The van der Waals surface area contributed by atoms with E-state index in [1.165, 1.54) is 30.0 Å². The molecule has 2 amide bonds. The maximum absolute atomic E-state index is 13.8. The van der Waals surface area contributed by atoms with E-state index >= 15 is 0 Å². The number of rotatable bonds is 6. The average molecular weight is 459 g/mol. The van der Waals surface area contributed by atoms with E-state index in [1.54, 1.807) is 12.1 Å². The highest BCUT2D eigenvalue weighted by Gasteiger charge is 2.13. The fourth-order valence-electron chi connectivity index (χ4n) is 2.76. The van der Waals surface area contributed by atoms with Crippen molar-refractivity contribution in [2.75, 3.05) is 0 Å². The summed E-state index contributed by atoms with van der Waals surface area (Å²) in [7, 11) is 0. The first-order valence-electron chi connectivity index (χ1n) is 9.38. The molecule has 9 heteroatoms. The molecule has 0 aliphatic heterocycles. The number of halogens is 2. The summed E-state index contributed by atoms with van der Waals surface area (Å²) in [5, 5.41) is 0.859. The third-order valence-corrected chi connectivity index (χ3v) is 5.53. The summed E-state index contributed by atoms with van der Waals surface area (Å²) in [6.45, 7) is 3.85. The summed E-state index contributed by atoms with van der Waals surface area (Å²) in [5.41, 5.74) is 7.88. The molecule has 0 spiro atoms. The molecule has 0 unspecified atom stereocenters. The van der Waals surface area contributed by atoms with Gasteiger partial charge in [-0.25, -0.2) is 14.4 Å². The average Bonchev–Trinajstić information content (AvgIpc) is 2.73. The number of hydrogen-bond acceptors (Lipinski definition) is 5. The predicted octanol–water partition coefficient (Wildman–Crippen LogP) is 4.18. The lowest BCUT2D eigenvalue weighted by molar-refractivity contribution is -0.121. The van der Waals surface area contributed by atoms with E-state index in [0.29, 0.717) is 16.5 Å². The molecule has 0 saturated heterocycles. The number of nitrogens with one attached hydrogen (secondary N) is 2. The van der Waals surface area contributed by atoms with Gasteiger partial charge in [0.2, 0.25) is 5.91 Å². The Morgan fingerprint density at radius 1 is 1.03 bits per heavy atom. The molecule has 160 valence electrons. The van der Waals surface area contributed by atoms with Crippen LogP contribution in [0.25, 0.3) is 0 Å². The molecule has 0 fully saturated rings. The van der Waals surface area contributed by atoms with Crippen LogP contribution in [-0.2, 0) is 17.0 Å². The topological polar surface area (TPSA) is 84.0 Å². The summed E-state index contributed by atoms with van der Waals surface area (Å²) in [6, 6.07) is 13.1. The predicted molar refractivity (Wildman–Crippen MR) is 118 cm³/mol. The Hall–Kier alpha value is -2.97. The Labute approximate surface area is 188 Å². The smallest absolute Gasteiger partial charge is 0.269 e. The molecule has 3 aromatic rings. The summed E-state index contributed by atoms with van der Waals surface area (Å²) in [5.74, 6) is -0.981. The fraction of sp³-hybridized carbons (Fsp3) is 0.182. The number of carbonyl (C=O) groups excluding carboxylic acids is 2. The van der Waals surface area contributed by atoms with Crippen molar-refractivity contribution in [2.45, 2.75) is 31.2 Å². The minimum Gasteiger partial charge on any atom is -0.273 e. The normalized spacial score (nSPS) is 10.6. The van der Waals surface area contributed by atoms with Crippen LogP contribution in [-0.4, -0.2) is 21.8 Å². The van der Waals surface area contributed by atoms with Crippen LogP contribution >= 0.6 is 23.4 Å². The number of hydrogen-bond donors (Lipinski definition) is 2. The minimum absolute atomic E-state index is 0.0746. The van der Waals surface area contributed by atoms with Gasteiger partial charge >= 0.3 is 0 Å². The van der Waals surface area contributed by atoms with Gasteiger partial charge in [0.1, 0.15) is 5.82 Å². The first kappa shape index (κ1) is 22.7. The molecule has 31 heavy (non-hydrogen) atoms. The SMILES string of the molecule is Cc1cc(C)nc(SCc2ccc(C(=O)NNC(=O)Cc3c(F)cccc3Cl)cc2)n1. The third-order valence-electron chi connectivity index (χ3n) is 4.26. The number of benzene rings is 2. The van der Waals surface area contributed by atoms with Crippen molar-refractivity contribution in [1.82, 2.24) is 20.8 Å². The Morgan fingerprint density at radius 3 is 2.35 bits per heavy atom. The minimum atomic E-state index is -0.582. The number of hydrazine groups is 1. The first-order chi connectivity index (χ1) is 14.8. The maximum atomic E-state index is 13.8. The quantitative estimate of drug-likeness (QED) is 0.329. The van der Waals surface area contributed by atoms with E-state index < -0.39 is 17.6 Å². The molecule has 3 rings (SSSR count). The lowest BCUT2D eigenvalue weighted by Crippen LogP contribution is -2.42. The van der Waals surface area contributed by atoms with E-state index in [9.17, 15) is 14.0 Å². The Balaban J connectivity index is 1.51. The van der Waals surface area contributed by atoms with Crippen molar-refractivity contribution in [1.29, 1.82) is 0 Å². The molecule has 0 aliphatic carbocycles. The zero-order chi connectivity index (χ0) is 22.4. The summed E-state index contributed by atoms with van der Waals surface area (Å²) in [4.78, 5) is 33.0. The van der Waals surface area contributed by atoms with Crippen LogP contribution in [0, 0.1) is 19.7 Å². The summed E-state index contributed by atoms with van der Waals surface area (Å²) in [6.07, 6.45) is -0.289. The molecule has 0 bridgehead atoms. The van der Waals surface area contributed by atoms with Gasteiger partial charge in [0.25, 0.3) is 5.91 Å². The number of aryl methyl sites for hydroxylation is 2. The van der Waals surface area contributed by atoms with Gasteiger partial charge in [0, 0.05) is 33.3 Å². The lowest BCUT2D eigenvalue weighted by Gasteiger charge is -2.09. The highest BCUT2D eigenvalue weighted by atomic mass is 35.5. The van der Waals surface area contributed by atoms with E-state index in [4.69, 9.17) is 11.6 Å². The number of amides is 2. The third kappa shape index (κ3) is 6.50. The molecule has 2 aromatic carbocycles. The van der Waals surface area contributed by atoms with E-state index in [2.05, 4.69) is 20.8 Å². The van der Waals surface area contributed by atoms with Crippen LogP contribution < -0.4 is 10.9 Å². The van der Waals surface area contributed by atoms with Crippen molar-refractivity contribution < 1.29 is 14.0 Å². The molecule has 0 aliphatic rings. The lowest BCUT2D eigenvalue weighted by atomic mass is 10.1. The second kappa shape index (κ2) is 10.4. The Kier molecular flexibility index (Phi) is 7.59. The summed E-state index contributed by atoms with van der Waals surface area (Å²) >= 11 is 7.42. The second-order valence-corrected chi connectivity index (χ2v) is 8.15. The van der Waals surface area contributed by atoms with Crippen LogP contribution in [0.4, 0.5) is 4.39 Å². The van der Waals surface area contributed by atoms with Gasteiger partial charge in [0.15, 0.2) is 5.16 Å². The van der Waals surface area contributed by atoms with Crippen LogP contribution in [0.1, 0.15) is 32.9 Å². The molecule has 1 heterocycles. The van der Waals surface area contributed by atoms with Gasteiger partial charge in [-0.15, -0.1) is 0 Å². The van der Waals surface area contributed by atoms with Gasteiger partial charge in [-0.3, -0.25) is 20.4 Å². The Morgan fingerprint density at radius 2 is 1.71 bits per heavy atom. The van der Waals surface area contributed by atoms with Gasteiger partial charge in [0.05, 0.1) is 6.42 Å². The molecule has 6 nitrogen and oxygen atoms in total. The van der Waals surface area contributed by atoms with Gasteiger partial charge in [-0.05, 0) is 49.7 Å². The molecule has 2 N–H and O–H groups in total. The van der Waals surface area contributed by atoms with Crippen LogP contribution in [0.15, 0.2) is 53.7 Å². The van der Waals surface area contributed by atoms with Crippen LogP contribution in [0.3, 0.4) is 0 Å². The molecule has 1 aromatic heterocycles. The monoisotopic (exact) mass is 458 g/mol. The Bertz CT molecular complexity index is 1070. The number of thioether (sulfide) groups is 1. The van der Waals surface area contributed by atoms with E-state index in [1.807, 2.05) is 32.0 Å². The van der Waals surface area contributed by atoms with Gasteiger partial charge < -0.3 is 0 Å². The van der Waals surface area contributed by atoms with Gasteiger partial charge in [-0.2, -0.15) is 0 Å². The molecule has 0 radical (unpaired) electrons. The molecular formula is C22H20ClFN4O2S. The van der Waals surface area contributed by atoms with Crippen LogP contribution in [0.2, 0.25) is 5.02 Å². The van der Waals surface area contributed by atoms with Crippen LogP contribution in [0.5, 0.6) is 0 Å². The fourth-order valence-corrected chi connectivity index (χ4v) is 3.90. The van der Waals surface area contributed by atoms with Crippen molar-refractivity contribution in [3.05, 3.63) is 87.4 Å². The standard InChI is InChI=1S/C22H20ClFN4O2S/c1-13-10-14(2)26-22(25-13)31-12-15-6-8-16(9-7-15)21(30)28-27-20(29)11-17-18(23)4-3-5-19(17)24/h3-10H,11-12H2,1-2H3,(H,27,29)(H,28,30). The first-order valence-corrected chi connectivity index (χ1v) is 10.7. The zero-order valence-electron chi connectivity index (χ0n) is 16.9. The molecular weight excluding hydrogens is 439 g/mol. The highest BCUT2D eigenvalue weighted by Crippen LogP contribution is 2.21. The van der Waals surface area contributed by atoms with Gasteiger partial charge in [-0.1, -0.05) is 41.6 Å². The van der Waals surface area contributed by atoms with Crippen molar-refractivity contribution >= 4 is 35.2 Å². The highest BCUT2D eigenvalue weighted by molar-refractivity contribution is 7.98. The van der Waals surface area contributed by atoms with E-state index in [-0.39, 0.29) is 17.0 Å². The number of nitrogens with zero attached hydrogens (tertiary/aromatic N) is 2. The number of aromatic nitrogens is 2. The molecule has 0 saturated carbocycles. The second-order valence-electron chi connectivity index (χ2n) is 6.80. The number of carbonyl (C=O) groups is 2. The molecule has 0 atom stereocenters. The zero-order valence-corrected chi connectivity index (χ0v) is 18.5. The van der Waals surface area contributed by atoms with E-state index in [0.717, 1.165) is 17.0 Å². The van der Waals surface area contributed by atoms with Crippen molar-refractivity contribution in [3.8, 4) is 0 Å². The van der Waals surface area contributed by atoms with Crippen molar-refractivity contribution in [3.63, 3.8) is 0 Å². The summed E-state index contributed by atoms with van der Waals surface area (Å²) < 4.78 is 13.8.